The van der Waals surface area contributed by atoms with Crippen molar-refractivity contribution in [3.63, 3.8) is 0 Å². The molecule has 0 fully saturated rings. The maximum Gasteiger partial charge on any atom is 0.161 e. The number of rotatable bonds is 14. The molecule has 0 aliphatic rings. The molecule has 0 radical (unpaired) electrons. The molecule has 1 rings (SSSR count). The lowest BCUT2D eigenvalue weighted by Crippen LogP contribution is -2.43. The van der Waals surface area contributed by atoms with Gasteiger partial charge in [0, 0.05) is 6.07 Å². The first-order chi connectivity index (χ1) is 11.2. The molecule has 0 bridgehead atoms. The van der Waals surface area contributed by atoms with Gasteiger partial charge in [0.1, 0.15) is 5.54 Å². The lowest BCUT2D eigenvalue weighted by atomic mass is 9.99. The zero-order valence-corrected chi connectivity index (χ0v) is 14.6. The van der Waals surface area contributed by atoms with E-state index in [0.29, 0.717) is 5.76 Å². The lowest BCUT2D eigenvalue weighted by Gasteiger charge is -2.20. The monoisotopic (exact) mass is 326 g/mol. The van der Waals surface area contributed by atoms with E-state index in [1.54, 1.807) is 6.07 Å². The van der Waals surface area contributed by atoms with Crippen molar-refractivity contribution in [2.45, 2.75) is 83.1 Å². The molecule has 0 spiro atoms. The Hall–Kier alpha value is -0.910. The number of hydrogen-bond donors (Lipinski definition) is 3. The molecule has 5 heteroatoms. The summed E-state index contributed by atoms with van der Waals surface area (Å²) in [5.41, 5.74) is 5.46. The second-order valence-electron chi connectivity index (χ2n) is 6.59. The van der Waals surface area contributed by atoms with Crippen molar-refractivity contribution in [1.29, 1.82) is 0 Å². The Balaban J connectivity index is 2.09. The molecular formula is C18H34N2O3. The van der Waals surface area contributed by atoms with Gasteiger partial charge >= 0.3 is 0 Å². The van der Waals surface area contributed by atoms with Crippen molar-refractivity contribution in [3.8, 4) is 0 Å². The molecule has 5 nitrogen and oxygen atoms in total. The Morgan fingerprint density at radius 2 is 1.48 bits per heavy atom. The van der Waals surface area contributed by atoms with Crippen molar-refractivity contribution in [1.82, 2.24) is 5.16 Å². The van der Waals surface area contributed by atoms with Crippen LogP contribution in [0, 0.1) is 0 Å². The summed E-state index contributed by atoms with van der Waals surface area (Å²) in [6.07, 6.45) is 13.9. The summed E-state index contributed by atoms with van der Waals surface area (Å²) in [6.45, 7) is 1.52. The first kappa shape index (κ1) is 20.1. The van der Waals surface area contributed by atoms with E-state index in [2.05, 4.69) is 12.1 Å². The summed E-state index contributed by atoms with van der Waals surface area (Å²) in [7, 11) is 0. The fourth-order valence-corrected chi connectivity index (χ4v) is 2.66. The van der Waals surface area contributed by atoms with Crippen LogP contribution in [0.25, 0.3) is 0 Å². The average molecular weight is 326 g/mol. The average Bonchev–Trinajstić information content (AvgIpc) is 3.05. The molecule has 0 amide bonds. The van der Waals surface area contributed by atoms with Gasteiger partial charge < -0.3 is 20.5 Å². The van der Waals surface area contributed by atoms with Crippen molar-refractivity contribution < 1.29 is 14.7 Å². The minimum atomic E-state index is -1.23. The summed E-state index contributed by atoms with van der Waals surface area (Å²) < 4.78 is 5.16. The number of nitrogens with two attached hydrogens (primary N) is 1. The van der Waals surface area contributed by atoms with Gasteiger partial charge in [-0.3, -0.25) is 0 Å². The predicted molar refractivity (Wildman–Crippen MR) is 92.1 cm³/mol. The largest absolute Gasteiger partial charge is 0.394 e. The van der Waals surface area contributed by atoms with Crippen molar-refractivity contribution in [2.75, 3.05) is 13.2 Å². The molecule has 4 N–H and O–H groups in total. The number of unbranched alkanes of at least 4 members (excludes halogenated alkanes) is 9. The number of aromatic nitrogens is 1. The Kier molecular flexibility index (Phi) is 10.2. The van der Waals surface area contributed by atoms with Gasteiger partial charge in [-0.15, -0.1) is 0 Å². The molecule has 1 aromatic rings. The van der Waals surface area contributed by atoms with Gasteiger partial charge in [0.2, 0.25) is 0 Å². The van der Waals surface area contributed by atoms with Crippen molar-refractivity contribution in [2.24, 2.45) is 5.73 Å². The van der Waals surface area contributed by atoms with Crippen LogP contribution in [-0.4, -0.2) is 28.6 Å². The van der Waals surface area contributed by atoms with Crippen LogP contribution in [0.5, 0.6) is 0 Å². The fourth-order valence-electron chi connectivity index (χ4n) is 2.66. The van der Waals surface area contributed by atoms with E-state index in [1.807, 2.05) is 0 Å². The highest BCUT2D eigenvalue weighted by Gasteiger charge is 2.30. The summed E-state index contributed by atoms with van der Waals surface area (Å²) in [5.74, 6) is 0.351. The molecule has 0 saturated heterocycles. The van der Waals surface area contributed by atoms with Crippen LogP contribution in [-0.2, 0) is 12.0 Å². The first-order valence-corrected chi connectivity index (χ1v) is 9.13. The maximum absolute atomic E-state index is 9.24. The van der Waals surface area contributed by atoms with Gasteiger partial charge in [-0.25, -0.2) is 0 Å². The molecule has 134 valence electrons. The van der Waals surface area contributed by atoms with Crippen molar-refractivity contribution in [3.05, 3.63) is 17.5 Å². The topological polar surface area (TPSA) is 92.5 Å². The molecule has 0 aliphatic heterocycles. The summed E-state index contributed by atoms with van der Waals surface area (Å²) >= 11 is 0. The Morgan fingerprint density at radius 3 is 2.00 bits per heavy atom. The van der Waals surface area contributed by atoms with Gasteiger partial charge in [0.05, 0.1) is 18.9 Å². The van der Waals surface area contributed by atoms with E-state index < -0.39 is 5.54 Å². The van der Waals surface area contributed by atoms with E-state index in [1.165, 1.54) is 57.8 Å². The van der Waals surface area contributed by atoms with Crippen LogP contribution in [0.2, 0.25) is 0 Å². The molecule has 1 aromatic heterocycles. The fraction of sp³-hybridized carbons (Fsp3) is 0.833. The smallest absolute Gasteiger partial charge is 0.161 e. The van der Waals surface area contributed by atoms with Gasteiger partial charge in [-0.05, 0) is 12.8 Å². The van der Waals surface area contributed by atoms with Gasteiger partial charge in [0.15, 0.2) is 5.76 Å². The second-order valence-corrected chi connectivity index (χ2v) is 6.59. The van der Waals surface area contributed by atoms with Crippen LogP contribution < -0.4 is 5.73 Å². The van der Waals surface area contributed by atoms with E-state index in [9.17, 15) is 10.2 Å². The molecule has 0 aliphatic carbocycles. The quantitative estimate of drug-likeness (QED) is 0.456. The molecule has 1 heterocycles. The minimum absolute atomic E-state index is 0.351. The Labute approximate surface area is 140 Å². The summed E-state index contributed by atoms with van der Waals surface area (Å²) in [5, 5.41) is 22.5. The number of nitrogens with zero attached hydrogens (tertiary/aromatic N) is 1. The Bertz CT molecular complexity index is 403. The molecule has 0 unspecified atom stereocenters. The summed E-state index contributed by atoms with van der Waals surface area (Å²) in [6, 6.07) is 1.75. The van der Waals surface area contributed by atoms with E-state index >= 15 is 0 Å². The van der Waals surface area contributed by atoms with Crippen LogP contribution in [0.15, 0.2) is 10.6 Å². The van der Waals surface area contributed by atoms with Gasteiger partial charge in [0.25, 0.3) is 0 Å². The number of aliphatic hydroxyl groups is 2. The highest BCUT2D eigenvalue weighted by atomic mass is 16.5. The first-order valence-electron chi connectivity index (χ1n) is 9.13. The molecule has 0 saturated carbocycles. The third-order valence-electron chi connectivity index (χ3n) is 4.40. The highest BCUT2D eigenvalue weighted by molar-refractivity contribution is 5.15. The zero-order chi connectivity index (χ0) is 17.0. The standard InChI is InChI=1S/C18H34N2O3/c1-2-3-4-5-6-7-8-9-10-11-12-16-13-17(23-20-16)18(19,14-21)15-22/h13,21-22H,2-12,14-15,19H2,1H3. The molecular weight excluding hydrogens is 292 g/mol. The van der Waals surface area contributed by atoms with Crippen LogP contribution in [0.4, 0.5) is 0 Å². The highest BCUT2D eigenvalue weighted by Crippen LogP contribution is 2.19. The van der Waals surface area contributed by atoms with Crippen LogP contribution in [0.1, 0.15) is 82.6 Å². The van der Waals surface area contributed by atoms with E-state index in [-0.39, 0.29) is 13.2 Å². The maximum atomic E-state index is 9.24. The lowest BCUT2D eigenvalue weighted by molar-refractivity contribution is 0.0977. The summed E-state index contributed by atoms with van der Waals surface area (Å²) in [4.78, 5) is 0. The minimum Gasteiger partial charge on any atom is -0.394 e. The molecule has 0 atom stereocenters. The predicted octanol–water partition coefficient (Wildman–Crippen LogP) is 3.28. The van der Waals surface area contributed by atoms with Crippen molar-refractivity contribution >= 4 is 0 Å². The third kappa shape index (κ3) is 7.46. The van der Waals surface area contributed by atoms with Gasteiger partial charge in [-0.1, -0.05) is 69.9 Å². The zero-order valence-electron chi connectivity index (χ0n) is 14.6. The van der Waals surface area contributed by atoms with E-state index in [0.717, 1.165) is 18.5 Å². The number of aliphatic hydroxyl groups excluding tert-OH is 2. The second kappa shape index (κ2) is 11.6. The van der Waals surface area contributed by atoms with E-state index in [4.69, 9.17) is 10.3 Å². The number of hydrogen-bond acceptors (Lipinski definition) is 5. The van der Waals surface area contributed by atoms with Crippen LogP contribution >= 0.6 is 0 Å². The molecule has 23 heavy (non-hydrogen) atoms. The SMILES string of the molecule is CCCCCCCCCCCCc1cc(C(N)(CO)CO)on1. The normalized spacial score (nSPS) is 12.0. The molecule has 0 aromatic carbocycles. The van der Waals surface area contributed by atoms with Crippen LogP contribution in [0.3, 0.4) is 0 Å². The third-order valence-corrected chi connectivity index (χ3v) is 4.40. The Morgan fingerprint density at radius 1 is 0.957 bits per heavy atom. The number of aryl methyl sites for hydroxylation is 1. The van der Waals surface area contributed by atoms with Gasteiger partial charge in [-0.2, -0.15) is 0 Å².